The lowest BCUT2D eigenvalue weighted by molar-refractivity contribution is 0.0109. The molecule has 104 valence electrons. The summed E-state index contributed by atoms with van der Waals surface area (Å²) in [6.07, 6.45) is 10.5. The second-order valence-corrected chi connectivity index (χ2v) is 5.97. The van der Waals surface area contributed by atoms with E-state index in [2.05, 4.69) is 11.2 Å². The zero-order valence-electron chi connectivity index (χ0n) is 11.1. The Balaban J connectivity index is 1.68. The molecule has 0 atom stereocenters. The van der Waals surface area contributed by atoms with Crippen LogP contribution in [0.3, 0.4) is 0 Å². The number of carbonyl (C=O) groups excluding carboxylic acids is 1. The maximum Gasteiger partial charge on any atom is 0.339 e. The highest BCUT2D eigenvalue weighted by molar-refractivity contribution is 7.99. The molecule has 20 heavy (non-hydrogen) atoms. The second kappa shape index (κ2) is 5.71. The standard InChI is InChI=1S/C15H15NO3S/c1-20-14-5-13(6-14)19-15(17)12-4-11(7-16-8-12)10-2-3-18-9-10/h2-4,7-9,13-14H,5-6H2,1H3. The lowest BCUT2D eigenvalue weighted by Gasteiger charge is -2.33. The maximum absolute atomic E-state index is 12.1. The number of carbonyl (C=O) groups is 1. The molecule has 2 heterocycles. The predicted octanol–water partition coefficient (Wildman–Crippen LogP) is 3.39. The second-order valence-electron chi connectivity index (χ2n) is 4.83. The molecule has 0 aromatic carbocycles. The molecule has 2 aromatic heterocycles. The molecular weight excluding hydrogens is 274 g/mol. The summed E-state index contributed by atoms with van der Waals surface area (Å²) in [5, 5.41) is 0.628. The van der Waals surface area contributed by atoms with E-state index in [4.69, 9.17) is 9.15 Å². The molecule has 0 amide bonds. The molecule has 4 nitrogen and oxygen atoms in total. The third-order valence-corrected chi connectivity index (χ3v) is 4.54. The summed E-state index contributed by atoms with van der Waals surface area (Å²) in [5.74, 6) is -0.299. The highest BCUT2D eigenvalue weighted by atomic mass is 32.2. The Hall–Kier alpha value is -1.75. The number of rotatable bonds is 4. The molecule has 0 spiro atoms. The van der Waals surface area contributed by atoms with Crippen molar-refractivity contribution in [3.05, 3.63) is 42.6 Å². The van der Waals surface area contributed by atoms with Crippen LogP contribution in [0.15, 0.2) is 41.5 Å². The number of hydrogen-bond donors (Lipinski definition) is 0. The van der Waals surface area contributed by atoms with Crippen molar-refractivity contribution in [2.75, 3.05) is 6.26 Å². The molecule has 1 aliphatic rings. The smallest absolute Gasteiger partial charge is 0.339 e. The number of aromatic nitrogens is 1. The first-order valence-electron chi connectivity index (χ1n) is 6.47. The van der Waals surface area contributed by atoms with Crippen LogP contribution >= 0.6 is 11.8 Å². The van der Waals surface area contributed by atoms with Crippen LogP contribution in [0.4, 0.5) is 0 Å². The van der Waals surface area contributed by atoms with Gasteiger partial charge in [-0.25, -0.2) is 4.79 Å². The van der Waals surface area contributed by atoms with E-state index in [1.165, 1.54) is 6.20 Å². The van der Waals surface area contributed by atoms with E-state index in [-0.39, 0.29) is 12.1 Å². The van der Waals surface area contributed by atoms with Gasteiger partial charge in [-0.2, -0.15) is 11.8 Å². The third-order valence-electron chi connectivity index (χ3n) is 3.49. The predicted molar refractivity (Wildman–Crippen MR) is 77.7 cm³/mol. The van der Waals surface area contributed by atoms with E-state index in [0.717, 1.165) is 24.0 Å². The van der Waals surface area contributed by atoms with Crippen LogP contribution in [-0.4, -0.2) is 28.6 Å². The Morgan fingerprint density at radius 3 is 2.95 bits per heavy atom. The van der Waals surface area contributed by atoms with Gasteiger partial charge in [0.05, 0.1) is 18.1 Å². The average Bonchev–Trinajstić information content (AvgIpc) is 2.96. The number of furan rings is 1. The summed E-state index contributed by atoms with van der Waals surface area (Å²) >= 11 is 1.82. The first-order valence-corrected chi connectivity index (χ1v) is 7.76. The normalized spacial score (nSPS) is 21.2. The summed E-state index contributed by atoms with van der Waals surface area (Å²) in [5.41, 5.74) is 2.23. The molecule has 1 fully saturated rings. The van der Waals surface area contributed by atoms with Gasteiger partial charge < -0.3 is 9.15 Å². The Labute approximate surface area is 121 Å². The summed E-state index contributed by atoms with van der Waals surface area (Å²) in [6, 6.07) is 3.62. The minimum Gasteiger partial charge on any atom is -0.472 e. The molecule has 5 heteroatoms. The molecule has 0 aliphatic heterocycles. The first-order chi connectivity index (χ1) is 9.76. The lowest BCUT2D eigenvalue weighted by Crippen LogP contribution is -2.35. The van der Waals surface area contributed by atoms with Crippen LogP contribution in [0.25, 0.3) is 11.1 Å². The van der Waals surface area contributed by atoms with Crippen LogP contribution in [0.2, 0.25) is 0 Å². The fraction of sp³-hybridized carbons (Fsp3) is 0.333. The summed E-state index contributed by atoms with van der Waals surface area (Å²) in [4.78, 5) is 16.2. The van der Waals surface area contributed by atoms with Gasteiger partial charge in [0.2, 0.25) is 0 Å². The quantitative estimate of drug-likeness (QED) is 0.807. The Kier molecular flexibility index (Phi) is 3.78. The highest BCUT2D eigenvalue weighted by Gasteiger charge is 2.31. The molecule has 0 N–H and O–H groups in total. The van der Waals surface area contributed by atoms with Crippen molar-refractivity contribution in [2.45, 2.75) is 24.2 Å². The molecule has 2 aromatic rings. The van der Waals surface area contributed by atoms with E-state index in [9.17, 15) is 4.79 Å². The van der Waals surface area contributed by atoms with Crippen molar-refractivity contribution in [3.8, 4) is 11.1 Å². The molecule has 1 aliphatic carbocycles. The number of nitrogens with zero attached hydrogens (tertiary/aromatic N) is 1. The largest absolute Gasteiger partial charge is 0.472 e. The number of thioether (sulfide) groups is 1. The Morgan fingerprint density at radius 2 is 2.25 bits per heavy atom. The number of pyridine rings is 1. The van der Waals surface area contributed by atoms with Gasteiger partial charge in [0.1, 0.15) is 6.10 Å². The molecule has 0 saturated heterocycles. The first kappa shape index (κ1) is 13.2. The molecular formula is C15H15NO3S. The fourth-order valence-electron chi connectivity index (χ4n) is 2.16. The van der Waals surface area contributed by atoms with Gasteiger partial charge in [-0.05, 0) is 31.2 Å². The van der Waals surface area contributed by atoms with Crippen molar-refractivity contribution >= 4 is 17.7 Å². The zero-order chi connectivity index (χ0) is 13.9. The van der Waals surface area contributed by atoms with Crippen LogP contribution in [0.1, 0.15) is 23.2 Å². The van der Waals surface area contributed by atoms with E-state index in [0.29, 0.717) is 10.8 Å². The molecule has 0 bridgehead atoms. The minimum atomic E-state index is -0.299. The van der Waals surface area contributed by atoms with E-state index in [1.54, 1.807) is 24.8 Å². The zero-order valence-corrected chi connectivity index (χ0v) is 11.9. The fourth-order valence-corrected chi connectivity index (χ4v) is 2.98. The van der Waals surface area contributed by atoms with Crippen molar-refractivity contribution in [1.29, 1.82) is 0 Å². The lowest BCUT2D eigenvalue weighted by atomic mass is 9.95. The Bertz CT molecular complexity index is 591. The van der Waals surface area contributed by atoms with Gasteiger partial charge in [0.15, 0.2) is 0 Å². The summed E-state index contributed by atoms with van der Waals surface area (Å²) in [7, 11) is 0. The maximum atomic E-state index is 12.1. The van der Waals surface area contributed by atoms with Gasteiger partial charge in [0, 0.05) is 28.8 Å². The number of ether oxygens (including phenoxy) is 1. The summed E-state index contributed by atoms with van der Waals surface area (Å²) < 4.78 is 10.5. The molecule has 0 unspecified atom stereocenters. The van der Waals surface area contributed by atoms with Gasteiger partial charge in [-0.15, -0.1) is 0 Å². The van der Waals surface area contributed by atoms with Crippen molar-refractivity contribution in [1.82, 2.24) is 4.98 Å². The summed E-state index contributed by atoms with van der Waals surface area (Å²) in [6.45, 7) is 0. The van der Waals surface area contributed by atoms with Gasteiger partial charge in [0.25, 0.3) is 0 Å². The van der Waals surface area contributed by atoms with Crippen LogP contribution < -0.4 is 0 Å². The van der Waals surface area contributed by atoms with E-state index >= 15 is 0 Å². The molecule has 1 saturated carbocycles. The molecule has 3 rings (SSSR count). The van der Waals surface area contributed by atoms with E-state index < -0.39 is 0 Å². The number of esters is 1. The molecule has 0 radical (unpaired) electrons. The highest BCUT2D eigenvalue weighted by Crippen LogP contribution is 2.33. The van der Waals surface area contributed by atoms with Gasteiger partial charge in [-0.3, -0.25) is 4.98 Å². The minimum absolute atomic E-state index is 0.0533. The topological polar surface area (TPSA) is 52.3 Å². The van der Waals surface area contributed by atoms with E-state index in [1.807, 2.05) is 17.8 Å². The van der Waals surface area contributed by atoms with Crippen LogP contribution in [-0.2, 0) is 4.74 Å². The van der Waals surface area contributed by atoms with Gasteiger partial charge >= 0.3 is 5.97 Å². The van der Waals surface area contributed by atoms with Gasteiger partial charge in [-0.1, -0.05) is 0 Å². The SMILES string of the molecule is CSC1CC(OC(=O)c2cncc(-c3ccoc3)c2)C1. The van der Waals surface area contributed by atoms with Crippen molar-refractivity contribution in [2.24, 2.45) is 0 Å². The van der Waals surface area contributed by atoms with Crippen LogP contribution in [0.5, 0.6) is 0 Å². The average molecular weight is 289 g/mol. The number of hydrogen-bond acceptors (Lipinski definition) is 5. The third kappa shape index (κ3) is 2.72. The van der Waals surface area contributed by atoms with Crippen LogP contribution in [0, 0.1) is 0 Å². The van der Waals surface area contributed by atoms with Crippen molar-refractivity contribution in [3.63, 3.8) is 0 Å². The Morgan fingerprint density at radius 1 is 1.40 bits per heavy atom. The monoisotopic (exact) mass is 289 g/mol. The van der Waals surface area contributed by atoms with Crippen molar-refractivity contribution < 1.29 is 13.9 Å².